The highest BCUT2D eigenvalue weighted by atomic mass is 16.2. The molecule has 0 N–H and O–H groups in total. The van der Waals surface area contributed by atoms with Gasteiger partial charge in [-0.25, -0.2) is 0 Å². The van der Waals surface area contributed by atoms with E-state index in [1.807, 2.05) is 22.6 Å². The highest BCUT2D eigenvalue weighted by Crippen LogP contribution is 2.24. The number of hydrogen-bond acceptors (Lipinski definition) is 3. The minimum absolute atomic E-state index is 0.260. The Hall–Kier alpha value is -2.14. The van der Waals surface area contributed by atoms with Gasteiger partial charge in [-0.15, -0.1) is 0 Å². The van der Waals surface area contributed by atoms with E-state index in [1.54, 1.807) is 0 Å². The number of piperazine rings is 1. The van der Waals surface area contributed by atoms with Crippen molar-refractivity contribution in [2.75, 3.05) is 26.7 Å². The Bertz CT molecular complexity index is 710. The molecular weight excluding hydrogens is 312 g/mol. The lowest BCUT2D eigenvalue weighted by Crippen LogP contribution is -2.49. The molecule has 0 saturated carbocycles. The van der Waals surface area contributed by atoms with Crippen LogP contribution >= 0.6 is 0 Å². The van der Waals surface area contributed by atoms with Crippen molar-refractivity contribution in [2.24, 2.45) is 0 Å². The number of amides is 1. The quantitative estimate of drug-likeness (QED) is 0.840. The summed E-state index contributed by atoms with van der Waals surface area (Å²) in [4.78, 5) is 17.0. The van der Waals surface area contributed by atoms with Crippen LogP contribution in [-0.4, -0.2) is 52.2 Å². The average Bonchev–Trinajstić information content (AvgIpc) is 2.93. The summed E-state index contributed by atoms with van der Waals surface area (Å²) < 4.78 is 2.00. The fourth-order valence-corrected chi connectivity index (χ4v) is 3.57. The van der Waals surface area contributed by atoms with Crippen LogP contribution in [-0.2, 0) is 11.3 Å². The molecule has 5 nitrogen and oxygen atoms in total. The van der Waals surface area contributed by atoms with E-state index in [0.717, 1.165) is 44.0 Å². The van der Waals surface area contributed by atoms with Gasteiger partial charge in [0.25, 0.3) is 0 Å². The maximum Gasteiger partial charge on any atom is 0.222 e. The maximum absolute atomic E-state index is 12.6. The molecule has 134 valence electrons. The zero-order chi connectivity index (χ0) is 17.8. The van der Waals surface area contributed by atoms with E-state index in [9.17, 15) is 4.79 Å². The van der Waals surface area contributed by atoms with E-state index in [-0.39, 0.29) is 11.9 Å². The average molecular weight is 340 g/mol. The van der Waals surface area contributed by atoms with Crippen LogP contribution in [0.25, 0.3) is 0 Å². The molecule has 1 aromatic heterocycles. The lowest BCUT2D eigenvalue weighted by molar-refractivity contribution is -0.134. The Kier molecular flexibility index (Phi) is 5.53. The van der Waals surface area contributed by atoms with Crippen LogP contribution < -0.4 is 0 Å². The molecule has 1 saturated heterocycles. The largest absolute Gasteiger partial charge is 0.339 e. The van der Waals surface area contributed by atoms with Gasteiger partial charge in [0.05, 0.1) is 11.7 Å². The molecule has 0 radical (unpaired) electrons. The number of rotatable bonds is 5. The number of carbonyl (C=O) groups is 1. The molecule has 1 fully saturated rings. The van der Waals surface area contributed by atoms with Crippen molar-refractivity contribution in [3.63, 3.8) is 0 Å². The van der Waals surface area contributed by atoms with Crippen LogP contribution in [0.15, 0.2) is 36.4 Å². The molecule has 2 heterocycles. The Labute approximate surface area is 150 Å². The minimum atomic E-state index is 0.260. The molecule has 5 heteroatoms. The van der Waals surface area contributed by atoms with Crippen molar-refractivity contribution in [2.45, 2.75) is 39.3 Å². The highest BCUT2D eigenvalue weighted by molar-refractivity contribution is 5.76. The Morgan fingerprint density at radius 3 is 2.64 bits per heavy atom. The number of nitrogens with zero attached hydrogens (tertiary/aromatic N) is 4. The molecule has 0 unspecified atom stereocenters. The number of aryl methyl sites for hydroxylation is 3. The van der Waals surface area contributed by atoms with Crippen LogP contribution in [0.3, 0.4) is 0 Å². The second-order valence-corrected chi connectivity index (χ2v) is 7.00. The maximum atomic E-state index is 12.6. The molecule has 3 rings (SSSR count). The van der Waals surface area contributed by atoms with Crippen molar-refractivity contribution in [3.05, 3.63) is 53.3 Å². The van der Waals surface area contributed by atoms with E-state index < -0.39 is 0 Å². The highest BCUT2D eigenvalue weighted by Gasteiger charge is 2.27. The summed E-state index contributed by atoms with van der Waals surface area (Å²) in [5.74, 6) is 0.260. The number of likely N-dealkylation sites (N-methyl/N-ethyl adjacent to an activating group) is 1. The van der Waals surface area contributed by atoms with Gasteiger partial charge in [-0.3, -0.25) is 14.4 Å². The lowest BCUT2D eigenvalue weighted by Gasteiger charge is -2.39. The first-order valence-corrected chi connectivity index (χ1v) is 9.08. The van der Waals surface area contributed by atoms with Gasteiger partial charge in [0.2, 0.25) is 5.91 Å². The summed E-state index contributed by atoms with van der Waals surface area (Å²) in [6.07, 6.45) is 1.42. The lowest BCUT2D eigenvalue weighted by atomic mass is 10.0. The van der Waals surface area contributed by atoms with Crippen molar-refractivity contribution < 1.29 is 4.79 Å². The van der Waals surface area contributed by atoms with Crippen LogP contribution in [0, 0.1) is 13.8 Å². The van der Waals surface area contributed by atoms with E-state index in [2.05, 4.69) is 54.3 Å². The molecule has 1 amide bonds. The van der Waals surface area contributed by atoms with Crippen LogP contribution in [0.4, 0.5) is 0 Å². The van der Waals surface area contributed by atoms with Gasteiger partial charge < -0.3 is 4.90 Å². The number of carbonyl (C=O) groups excluding carboxylic acids is 1. The first kappa shape index (κ1) is 17.7. The van der Waals surface area contributed by atoms with Crippen molar-refractivity contribution >= 4 is 5.91 Å². The summed E-state index contributed by atoms with van der Waals surface area (Å²) in [6.45, 7) is 7.39. The molecule has 1 aliphatic heterocycles. The molecule has 0 bridgehead atoms. The Morgan fingerprint density at radius 2 is 1.96 bits per heavy atom. The van der Waals surface area contributed by atoms with E-state index in [4.69, 9.17) is 0 Å². The number of benzene rings is 1. The third-order valence-electron chi connectivity index (χ3n) is 5.05. The van der Waals surface area contributed by atoms with Gasteiger partial charge in [-0.1, -0.05) is 30.3 Å². The monoisotopic (exact) mass is 340 g/mol. The summed E-state index contributed by atoms with van der Waals surface area (Å²) in [6, 6.07) is 12.8. The molecule has 2 aromatic rings. The summed E-state index contributed by atoms with van der Waals surface area (Å²) >= 11 is 0. The zero-order valence-electron chi connectivity index (χ0n) is 15.5. The van der Waals surface area contributed by atoms with Crippen molar-refractivity contribution in [1.29, 1.82) is 0 Å². The van der Waals surface area contributed by atoms with E-state index in [1.165, 1.54) is 5.56 Å². The van der Waals surface area contributed by atoms with Crippen LogP contribution in [0.1, 0.15) is 35.8 Å². The van der Waals surface area contributed by atoms with Crippen molar-refractivity contribution in [3.8, 4) is 0 Å². The van der Waals surface area contributed by atoms with Crippen LogP contribution in [0.2, 0.25) is 0 Å². The zero-order valence-corrected chi connectivity index (χ0v) is 15.5. The molecule has 0 spiro atoms. The fourth-order valence-electron chi connectivity index (χ4n) is 3.57. The standard InChI is InChI=1S/C20H28N4O/c1-16-14-17(2)24(21-16)11-7-10-20(25)23-13-12-22(3)19(15-23)18-8-5-4-6-9-18/h4-6,8-9,14,19H,7,10-13,15H2,1-3H3/t19-/m1/s1. The smallest absolute Gasteiger partial charge is 0.222 e. The van der Waals surface area contributed by atoms with Crippen molar-refractivity contribution in [1.82, 2.24) is 19.6 Å². The second kappa shape index (κ2) is 7.83. The van der Waals surface area contributed by atoms with Gasteiger partial charge in [-0.2, -0.15) is 5.10 Å². The van der Waals surface area contributed by atoms with E-state index >= 15 is 0 Å². The predicted molar refractivity (Wildman–Crippen MR) is 99.3 cm³/mol. The third kappa shape index (κ3) is 4.28. The third-order valence-corrected chi connectivity index (χ3v) is 5.05. The van der Waals surface area contributed by atoms with Gasteiger partial charge >= 0.3 is 0 Å². The molecular formula is C20H28N4O. The first-order chi connectivity index (χ1) is 12.0. The van der Waals surface area contributed by atoms with E-state index in [0.29, 0.717) is 6.42 Å². The Balaban J connectivity index is 1.54. The molecule has 1 aliphatic rings. The summed E-state index contributed by atoms with van der Waals surface area (Å²) in [5.41, 5.74) is 3.48. The summed E-state index contributed by atoms with van der Waals surface area (Å²) in [5, 5.41) is 4.47. The van der Waals surface area contributed by atoms with Gasteiger partial charge in [0, 0.05) is 38.3 Å². The molecule has 0 aliphatic carbocycles. The second-order valence-electron chi connectivity index (χ2n) is 7.00. The molecule has 25 heavy (non-hydrogen) atoms. The topological polar surface area (TPSA) is 41.4 Å². The molecule has 1 atom stereocenters. The van der Waals surface area contributed by atoms with Gasteiger partial charge in [-0.05, 0) is 38.9 Å². The van der Waals surface area contributed by atoms with Gasteiger partial charge in [0.15, 0.2) is 0 Å². The summed E-state index contributed by atoms with van der Waals surface area (Å²) in [7, 11) is 2.14. The SMILES string of the molecule is Cc1cc(C)n(CCCC(=O)N2CCN(C)[C@@H](c3ccccc3)C2)n1. The molecule has 1 aromatic carbocycles. The minimum Gasteiger partial charge on any atom is -0.339 e. The fraction of sp³-hybridized carbons (Fsp3) is 0.500. The number of aromatic nitrogens is 2. The normalized spacial score (nSPS) is 18.5. The van der Waals surface area contributed by atoms with Gasteiger partial charge in [0.1, 0.15) is 0 Å². The van der Waals surface area contributed by atoms with Crippen LogP contribution in [0.5, 0.6) is 0 Å². The first-order valence-electron chi connectivity index (χ1n) is 9.08. The number of hydrogen-bond donors (Lipinski definition) is 0. The predicted octanol–water partition coefficient (Wildman–Crippen LogP) is 2.80. The Morgan fingerprint density at radius 1 is 1.20 bits per heavy atom.